The molecule has 3 aromatic rings. The van der Waals surface area contributed by atoms with E-state index >= 15 is 0 Å². The van der Waals surface area contributed by atoms with E-state index in [0.29, 0.717) is 13.1 Å². The monoisotopic (exact) mass is 401 g/mol. The number of hydrogen-bond acceptors (Lipinski definition) is 6. The van der Waals surface area contributed by atoms with Gasteiger partial charge in [0.25, 0.3) is 5.91 Å². The van der Waals surface area contributed by atoms with Crippen LogP contribution in [0.2, 0.25) is 0 Å². The number of nitrogens with two attached hydrogens (primary N) is 1. The predicted octanol–water partition coefficient (Wildman–Crippen LogP) is 0.427. The first-order valence-corrected chi connectivity index (χ1v) is 10.5. The first-order chi connectivity index (χ1) is 13.4. The van der Waals surface area contributed by atoms with Crippen molar-refractivity contribution in [2.24, 2.45) is 5.14 Å². The fourth-order valence-corrected chi connectivity index (χ4v) is 4.82. The van der Waals surface area contributed by atoms with Crippen LogP contribution in [0, 0.1) is 0 Å². The number of rotatable bonds is 3. The van der Waals surface area contributed by atoms with Crippen molar-refractivity contribution in [1.29, 1.82) is 0 Å². The Balaban J connectivity index is 1.41. The highest BCUT2D eigenvalue weighted by atomic mass is 32.2. The molecule has 2 bridgehead atoms. The maximum atomic E-state index is 13.0. The molecule has 11 heteroatoms. The smallest absolute Gasteiger partial charge is 0.270 e. The lowest BCUT2D eigenvalue weighted by Crippen LogP contribution is -2.56. The summed E-state index contributed by atoms with van der Waals surface area (Å²) in [5.74, 6) is 0.670. The van der Waals surface area contributed by atoms with Gasteiger partial charge in [-0.2, -0.15) is 0 Å². The Kier molecular flexibility index (Phi) is 3.71. The third kappa shape index (κ3) is 2.66. The number of primary sulfonamides is 1. The van der Waals surface area contributed by atoms with E-state index in [-0.39, 0.29) is 28.6 Å². The molecule has 10 nitrogen and oxygen atoms in total. The molecular weight excluding hydrogens is 382 g/mol. The molecule has 0 radical (unpaired) electrons. The first-order valence-electron chi connectivity index (χ1n) is 8.99. The van der Waals surface area contributed by atoms with Crippen molar-refractivity contribution in [3.63, 3.8) is 0 Å². The Morgan fingerprint density at radius 1 is 1.18 bits per heavy atom. The molecule has 0 aliphatic carbocycles. The lowest BCUT2D eigenvalue weighted by Gasteiger charge is -2.41. The molecule has 2 unspecified atom stereocenters. The Labute approximate surface area is 160 Å². The van der Waals surface area contributed by atoms with Gasteiger partial charge in [0.2, 0.25) is 10.0 Å². The molecule has 2 atom stereocenters. The van der Waals surface area contributed by atoms with E-state index in [4.69, 9.17) is 5.14 Å². The average molecular weight is 401 g/mol. The van der Waals surface area contributed by atoms with Gasteiger partial charge in [-0.05, 0) is 25.0 Å². The topological polar surface area (TPSA) is 141 Å². The Morgan fingerprint density at radius 3 is 2.61 bits per heavy atom. The minimum Gasteiger partial charge on any atom is -0.356 e. The Morgan fingerprint density at radius 2 is 1.93 bits per heavy atom. The van der Waals surface area contributed by atoms with Crippen LogP contribution in [0.25, 0.3) is 11.0 Å². The van der Waals surface area contributed by atoms with E-state index in [1.807, 2.05) is 17.2 Å². The molecular formula is C17H19N7O3S. The van der Waals surface area contributed by atoms with Crippen LogP contribution in [0.5, 0.6) is 0 Å². The molecule has 2 fully saturated rings. The lowest BCUT2D eigenvalue weighted by atomic mass is 10.1. The van der Waals surface area contributed by atoms with Crippen LogP contribution >= 0.6 is 0 Å². The van der Waals surface area contributed by atoms with Crippen LogP contribution < -0.4 is 10.0 Å². The molecule has 3 aromatic heterocycles. The van der Waals surface area contributed by atoms with Crippen LogP contribution in [0.15, 0.2) is 35.7 Å². The van der Waals surface area contributed by atoms with Gasteiger partial charge < -0.3 is 19.8 Å². The number of carbonyl (C=O) groups is 1. The number of aromatic nitrogens is 4. The zero-order valence-corrected chi connectivity index (χ0v) is 15.7. The maximum Gasteiger partial charge on any atom is 0.270 e. The summed E-state index contributed by atoms with van der Waals surface area (Å²) in [6.45, 7) is 1.34. The van der Waals surface area contributed by atoms with Gasteiger partial charge in [0.1, 0.15) is 23.5 Å². The highest BCUT2D eigenvalue weighted by molar-refractivity contribution is 7.89. The molecule has 146 valence electrons. The summed E-state index contributed by atoms with van der Waals surface area (Å²) in [5, 5.41) is 6.10. The molecule has 5 heterocycles. The maximum absolute atomic E-state index is 13.0. The Bertz CT molecular complexity index is 1150. The SMILES string of the molecule is NS(=O)(=O)c1c[nH]c(C(=O)N2C3CCC2CN(c2ncnc4[nH]ccc24)C3)c1. The van der Waals surface area contributed by atoms with E-state index in [0.717, 1.165) is 29.7 Å². The number of sulfonamides is 1. The summed E-state index contributed by atoms with van der Waals surface area (Å²) >= 11 is 0. The fraction of sp³-hybridized carbons (Fsp3) is 0.353. The third-order valence-corrected chi connectivity index (χ3v) is 6.46. The number of hydrogen-bond donors (Lipinski definition) is 3. The van der Waals surface area contributed by atoms with E-state index in [1.165, 1.54) is 12.3 Å². The number of amides is 1. The molecule has 4 N–H and O–H groups in total. The number of H-pyrrole nitrogens is 2. The normalized spacial score (nSPS) is 22.2. The minimum atomic E-state index is -3.85. The number of nitrogens with zero attached hydrogens (tertiary/aromatic N) is 4. The van der Waals surface area contributed by atoms with Gasteiger partial charge in [0.05, 0.1) is 22.4 Å². The van der Waals surface area contributed by atoms with E-state index in [2.05, 4.69) is 24.8 Å². The fourth-order valence-electron chi connectivity index (χ4n) is 4.32. The van der Waals surface area contributed by atoms with Gasteiger partial charge in [0.15, 0.2) is 0 Å². The van der Waals surface area contributed by atoms with Crippen molar-refractivity contribution in [2.75, 3.05) is 18.0 Å². The summed E-state index contributed by atoms with van der Waals surface area (Å²) in [6, 6.07) is 3.34. The van der Waals surface area contributed by atoms with Crippen molar-refractivity contribution >= 4 is 32.8 Å². The van der Waals surface area contributed by atoms with Crippen LogP contribution in [0.1, 0.15) is 23.3 Å². The van der Waals surface area contributed by atoms with Gasteiger partial charge in [-0.3, -0.25) is 4.79 Å². The van der Waals surface area contributed by atoms with Crippen molar-refractivity contribution < 1.29 is 13.2 Å². The van der Waals surface area contributed by atoms with Crippen LogP contribution in [-0.2, 0) is 10.0 Å². The highest BCUT2D eigenvalue weighted by Gasteiger charge is 2.43. The minimum absolute atomic E-state index is 0.0384. The molecule has 2 aliphatic rings. The van der Waals surface area contributed by atoms with Gasteiger partial charge >= 0.3 is 0 Å². The van der Waals surface area contributed by atoms with Gasteiger partial charge in [-0.1, -0.05) is 0 Å². The van der Waals surface area contributed by atoms with Crippen molar-refractivity contribution in [3.05, 3.63) is 36.5 Å². The highest BCUT2D eigenvalue weighted by Crippen LogP contribution is 2.35. The van der Waals surface area contributed by atoms with Crippen molar-refractivity contribution in [3.8, 4) is 0 Å². The van der Waals surface area contributed by atoms with Crippen LogP contribution in [0.3, 0.4) is 0 Å². The Hall–Kier alpha value is -2.92. The van der Waals surface area contributed by atoms with E-state index in [1.54, 1.807) is 6.33 Å². The molecule has 0 aromatic carbocycles. The zero-order chi connectivity index (χ0) is 19.5. The zero-order valence-electron chi connectivity index (χ0n) is 14.9. The molecule has 2 aliphatic heterocycles. The molecule has 0 spiro atoms. The second kappa shape index (κ2) is 6.04. The van der Waals surface area contributed by atoms with Gasteiger partial charge in [-0.25, -0.2) is 23.5 Å². The lowest BCUT2D eigenvalue weighted by molar-refractivity contribution is 0.0636. The van der Waals surface area contributed by atoms with Crippen molar-refractivity contribution in [1.82, 2.24) is 24.8 Å². The number of carbonyl (C=O) groups excluding carboxylic acids is 1. The van der Waals surface area contributed by atoms with Gasteiger partial charge in [-0.15, -0.1) is 0 Å². The molecule has 0 saturated carbocycles. The number of nitrogens with one attached hydrogen (secondary N) is 2. The summed E-state index contributed by atoms with van der Waals surface area (Å²) in [4.78, 5) is 31.6. The summed E-state index contributed by atoms with van der Waals surface area (Å²) in [5.41, 5.74) is 1.03. The number of anilines is 1. The molecule has 1 amide bonds. The largest absolute Gasteiger partial charge is 0.356 e. The number of fused-ring (bicyclic) bond motifs is 3. The first kappa shape index (κ1) is 17.2. The molecule has 5 rings (SSSR count). The predicted molar refractivity (Wildman–Crippen MR) is 101 cm³/mol. The molecule has 2 saturated heterocycles. The van der Waals surface area contributed by atoms with Crippen LogP contribution in [-0.4, -0.2) is 64.3 Å². The number of aromatic amines is 2. The third-order valence-electron chi connectivity index (χ3n) is 5.56. The second-order valence-electron chi connectivity index (χ2n) is 7.23. The van der Waals surface area contributed by atoms with Gasteiger partial charge in [0, 0.05) is 25.5 Å². The van der Waals surface area contributed by atoms with Crippen LogP contribution in [0.4, 0.5) is 5.82 Å². The summed E-state index contributed by atoms with van der Waals surface area (Å²) in [7, 11) is -3.85. The second-order valence-corrected chi connectivity index (χ2v) is 8.80. The standard InChI is InChI=1S/C17H19N7O3S/c18-28(26,27)12-5-14(20-6-12)17(25)24-10-1-2-11(24)8-23(7-10)16-13-3-4-19-15(13)21-9-22-16/h3-6,9-11,20H,1-2,7-8H2,(H2,18,26,27)(H,19,21,22). The number of piperazine rings is 1. The average Bonchev–Trinajstić information content (AvgIpc) is 3.38. The van der Waals surface area contributed by atoms with Crippen molar-refractivity contribution in [2.45, 2.75) is 29.8 Å². The van der Waals surface area contributed by atoms with E-state index in [9.17, 15) is 13.2 Å². The summed E-state index contributed by atoms with van der Waals surface area (Å²) < 4.78 is 23.0. The van der Waals surface area contributed by atoms with E-state index < -0.39 is 10.0 Å². The molecule has 28 heavy (non-hydrogen) atoms. The quantitative estimate of drug-likeness (QED) is 0.581. The summed E-state index contributed by atoms with van der Waals surface area (Å²) in [6.07, 6.45) is 6.44.